The van der Waals surface area contributed by atoms with Crippen molar-refractivity contribution in [3.8, 4) is 0 Å². The quantitative estimate of drug-likeness (QED) is 0.583. The molecule has 31 heavy (non-hydrogen) atoms. The van der Waals surface area contributed by atoms with Crippen LogP contribution in [0.2, 0.25) is 0 Å². The molecule has 4 rings (SSSR count). The lowest BCUT2D eigenvalue weighted by molar-refractivity contribution is -0.124. The van der Waals surface area contributed by atoms with Gasteiger partial charge in [-0.3, -0.25) is 14.5 Å². The van der Waals surface area contributed by atoms with Crippen LogP contribution >= 0.6 is 12.2 Å². The van der Waals surface area contributed by atoms with E-state index in [-0.39, 0.29) is 18.2 Å². The van der Waals surface area contributed by atoms with Crippen molar-refractivity contribution in [3.63, 3.8) is 0 Å². The van der Waals surface area contributed by atoms with Gasteiger partial charge in [0.2, 0.25) is 5.91 Å². The summed E-state index contributed by atoms with van der Waals surface area (Å²) >= 11 is 5.65. The maximum atomic E-state index is 13.4. The van der Waals surface area contributed by atoms with Crippen molar-refractivity contribution in [1.82, 2.24) is 4.90 Å². The highest BCUT2D eigenvalue weighted by Gasteiger charge is 2.44. The number of hydrogen-bond donors (Lipinski definition) is 1. The number of hydrogen-bond acceptors (Lipinski definition) is 4. The Kier molecular flexibility index (Phi) is 5.86. The zero-order valence-corrected chi connectivity index (χ0v) is 18.2. The van der Waals surface area contributed by atoms with E-state index >= 15 is 0 Å². The van der Waals surface area contributed by atoms with Crippen LogP contribution in [0.3, 0.4) is 0 Å². The number of amides is 2. The molecule has 1 aliphatic rings. The summed E-state index contributed by atoms with van der Waals surface area (Å²) in [5.41, 5.74) is 3.44. The lowest BCUT2D eigenvalue weighted by Crippen LogP contribution is -2.37. The molecule has 1 aromatic heterocycles. The van der Waals surface area contributed by atoms with Gasteiger partial charge in [-0.2, -0.15) is 0 Å². The van der Waals surface area contributed by atoms with Gasteiger partial charge in [-0.05, 0) is 67.5 Å². The van der Waals surface area contributed by atoms with Crippen molar-refractivity contribution in [2.75, 3.05) is 10.2 Å². The summed E-state index contributed by atoms with van der Waals surface area (Å²) in [6.07, 6.45) is 1.56. The van der Waals surface area contributed by atoms with E-state index in [4.69, 9.17) is 16.6 Å². The molecule has 158 valence electrons. The van der Waals surface area contributed by atoms with Gasteiger partial charge in [0.25, 0.3) is 5.91 Å². The van der Waals surface area contributed by atoms with E-state index < -0.39 is 6.04 Å². The van der Waals surface area contributed by atoms with E-state index in [2.05, 4.69) is 5.32 Å². The molecule has 0 aliphatic carbocycles. The number of carbonyl (C=O) groups excluding carboxylic acids is 2. The van der Waals surface area contributed by atoms with Crippen LogP contribution in [0.1, 0.15) is 23.3 Å². The average molecular weight is 434 g/mol. The van der Waals surface area contributed by atoms with Crippen molar-refractivity contribution in [1.29, 1.82) is 0 Å². The summed E-state index contributed by atoms with van der Waals surface area (Å²) in [5, 5.41) is 3.30. The highest BCUT2D eigenvalue weighted by atomic mass is 32.1. The summed E-state index contributed by atoms with van der Waals surface area (Å²) in [7, 11) is 0. The molecule has 2 aromatic carbocycles. The smallest absolute Gasteiger partial charge is 0.256 e. The number of benzene rings is 2. The fourth-order valence-electron chi connectivity index (χ4n) is 3.65. The molecule has 1 aliphatic heterocycles. The Hall–Kier alpha value is -3.45. The van der Waals surface area contributed by atoms with Gasteiger partial charge in [0.1, 0.15) is 11.8 Å². The van der Waals surface area contributed by atoms with Crippen molar-refractivity contribution in [2.24, 2.45) is 0 Å². The molecule has 2 amide bonds. The van der Waals surface area contributed by atoms with Gasteiger partial charge in [-0.1, -0.05) is 30.3 Å². The van der Waals surface area contributed by atoms with Crippen LogP contribution in [-0.2, 0) is 16.1 Å². The summed E-state index contributed by atoms with van der Waals surface area (Å²) in [6, 6.07) is 18.0. The van der Waals surface area contributed by atoms with E-state index in [9.17, 15) is 9.59 Å². The first-order valence-electron chi connectivity index (χ1n) is 10.0. The molecular formula is C24H23N3O3S. The third kappa shape index (κ3) is 4.36. The number of anilines is 2. The minimum Gasteiger partial charge on any atom is -0.467 e. The van der Waals surface area contributed by atoms with Gasteiger partial charge in [0.15, 0.2) is 5.11 Å². The molecular weight excluding hydrogens is 410 g/mol. The normalized spacial score (nSPS) is 16.1. The number of nitrogens with one attached hydrogen (secondary N) is 1. The summed E-state index contributed by atoms with van der Waals surface area (Å²) in [6.45, 7) is 4.21. The zero-order valence-electron chi connectivity index (χ0n) is 17.4. The first-order valence-corrected chi connectivity index (χ1v) is 10.4. The highest BCUT2D eigenvalue weighted by Crippen LogP contribution is 2.29. The van der Waals surface area contributed by atoms with E-state index in [1.165, 1.54) is 4.90 Å². The Bertz CT molecular complexity index is 1110. The standard InChI is InChI=1S/C24H23N3O3S/c1-16-10-11-17(2)20(13-16)25-22(28)14-21-23(29)27(18-7-4-3-5-8-18)24(31)26(21)15-19-9-6-12-30-19/h3-13,21H,14-15H2,1-2H3,(H,25,28)/t21-/m0/s1. The summed E-state index contributed by atoms with van der Waals surface area (Å²) < 4.78 is 5.47. The van der Waals surface area contributed by atoms with Gasteiger partial charge >= 0.3 is 0 Å². The molecule has 1 fully saturated rings. The van der Waals surface area contributed by atoms with Crippen LogP contribution in [0.25, 0.3) is 0 Å². The first kappa shape index (κ1) is 20.8. The molecule has 2 heterocycles. The largest absolute Gasteiger partial charge is 0.467 e. The predicted octanol–water partition coefficient (Wildman–Crippen LogP) is 4.43. The third-order valence-electron chi connectivity index (χ3n) is 5.29. The Morgan fingerprint density at radius 1 is 1.10 bits per heavy atom. The van der Waals surface area contributed by atoms with Crippen LogP contribution in [-0.4, -0.2) is 27.9 Å². The number of thiocarbonyl (C=S) groups is 1. The second-order valence-corrected chi connectivity index (χ2v) is 7.95. The van der Waals surface area contributed by atoms with Crippen molar-refractivity contribution < 1.29 is 14.0 Å². The topological polar surface area (TPSA) is 65.8 Å². The third-order valence-corrected chi connectivity index (χ3v) is 5.70. The number of furan rings is 1. The predicted molar refractivity (Wildman–Crippen MR) is 124 cm³/mol. The molecule has 1 atom stereocenters. The monoisotopic (exact) mass is 433 g/mol. The van der Waals surface area contributed by atoms with Crippen LogP contribution in [0, 0.1) is 13.8 Å². The van der Waals surface area contributed by atoms with Crippen molar-refractivity contribution in [3.05, 3.63) is 83.8 Å². The van der Waals surface area contributed by atoms with Crippen LogP contribution in [0.15, 0.2) is 71.3 Å². The number of carbonyl (C=O) groups is 2. The Morgan fingerprint density at radius 2 is 1.87 bits per heavy atom. The van der Waals surface area contributed by atoms with Gasteiger partial charge in [0, 0.05) is 5.69 Å². The molecule has 6 nitrogen and oxygen atoms in total. The van der Waals surface area contributed by atoms with Gasteiger partial charge in [-0.15, -0.1) is 0 Å². The Labute approximate surface area is 186 Å². The van der Waals surface area contributed by atoms with Crippen LogP contribution < -0.4 is 10.2 Å². The maximum absolute atomic E-state index is 13.4. The van der Waals surface area contributed by atoms with E-state index in [1.807, 2.05) is 68.4 Å². The van der Waals surface area contributed by atoms with E-state index in [0.29, 0.717) is 23.1 Å². The van der Waals surface area contributed by atoms with Crippen molar-refractivity contribution >= 4 is 40.5 Å². The molecule has 1 N–H and O–H groups in total. The number of para-hydroxylation sites is 1. The molecule has 7 heteroatoms. The van der Waals surface area contributed by atoms with Gasteiger partial charge in [-0.25, -0.2) is 0 Å². The number of aryl methyl sites for hydroxylation is 2. The van der Waals surface area contributed by atoms with Gasteiger partial charge in [0.05, 0.1) is 24.9 Å². The first-order chi connectivity index (χ1) is 14.9. The molecule has 3 aromatic rings. The number of rotatable bonds is 6. The maximum Gasteiger partial charge on any atom is 0.256 e. The second kappa shape index (κ2) is 8.73. The molecule has 0 radical (unpaired) electrons. The Balaban J connectivity index is 1.59. The van der Waals surface area contributed by atoms with Crippen LogP contribution in [0.4, 0.5) is 11.4 Å². The minimum atomic E-state index is -0.720. The Morgan fingerprint density at radius 3 is 2.58 bits per heavy atom. The SMILES string of the molecule is Cc1ccc(C)c(NC(=O)C[C@H]2C(=O)N(c3ccccc3)C(=S)N2Cc2ccco2)c1. The number of nitrogens with zero attached hydrogens (tertiary/aromatic N) is 2. The van der Waals surface area contributed by atoms with E-state index in [0.717, 1.165) is 16.8 Å². The molecule has 0 spiro atoms. The fraction of sp³-hybridized carbons (Fsp3) is 0.208. The fourth-order valence-corrected chi connectivity index (χ4v) is 4.03. The molecule has 0 saturated carbocycles. The highest BCUT2D eigenvalue weighted by molar-refractivity contribution is 7.80. The lowest BCUT2D eigenvalue weighted by atomic mass is 10.1. The average Bonchev–Trinajstić information content (AvgIpc) is 3.34. The summed E-state index contributed by atoms with van der Waals surface area (Å²) in [4.78, 5) is 29.5. The molecule has 0 bridgehead atoms. The second-order valence-electron chi connectivity index (χ2n) is 7.59. The van der Waals surface area contributed by atoms with E-state index in [1.54, 1.807) is 17.2 Å². The molecule has 1 saturated heterocycles. The van der Waals surface area contributed by atoms with Gasteiger partial charge < -0.3 is 14.6 Å². The van der Waals surface area contributed by atoms with Crippen LogP contribution in [0.5, 0.6) is 0 Å². The van der Waals surface area contributed by atoms with Crippen molar-refractivity contribution in [2.45, 2.75) is 32.9 Å². The lowest BCUT2D eigenvalue weighted by Gasteiger charge is -2.23. The zero-order chi connectivity index (χ0) is 22.0. The molecule has 0 unspecified atom stereocenters. The summed E-state index contributed by atoms with van der Waals surface area (Å²) in [5.74, 6) is 0.207. The minimum absolute atomic E-state index is 0.0175.